The Bertz CT molecular complexity index is 701. The molecule has 0 aliphatic heterocycles. The Hall–Kier alpha value is -2.44. The number of fused-ring (bicyclic) bond motifs is 1. The molecule has 0 radical (unpaired) electrons. The van der Waals surface area contributed by atoms with E-state index in [9.17, 15) is 14.4 Å². The molecule has 2 aromatic heterocycles. The first-order valence-corrected chi connectivity index (χ1v) is 5.27. The molecule has 2 heterocycles. The normalized spacial score (nSPS) is 10.5. The first-order valence-electron chi connectivity index (χ1n) is 5.27. The summed E-state index contributed by atoms with van der Waals surface area (Å²) in [6.45, 7) is -0.0221. The zero-order chi connectivity index (χ0) is 13.1. The molecule has 94 valence electrons. The number of nitrogens with one attached hydrogen (secondary N) is 1. The predicted molar refractivity (Wildman–Crippen MR) is 63.3 cm³/mol. The van der Waals surface area contributed by atoms with Gasteiger partial charge in [-0.3, -0.25) is 19.1 Å². The van der Waals surface area contributed by atoms with Crippen LogP contribution in [-0.2, 0) is 16.1 Å². The lowest BCUT2D eigenvalue weighted by Gasteiger charge is -2.04. The first-order chi connectivity index (χ1) is 8.63. The molecule has 2 rings (SSSR count). The zero-order valence-electron chi connectivity index (χ0n) is 9.67. The number of rotatable bonds is 3. The lowest BCUT2D eigenvalue weighted by atomic mass is 10.3. The van der Waals surface area contributed by atoms with Crippen LogP contribution in [0.3, 0.4) is 0 Å². The molecular weight excluding hydrogens is 238 g/mol. The van der Waals surface area contributed by atoms with Crippen LogP contribution in [0.2, 0.25) is 0 Å². The van der Waals surface area contributed by atoms with Crippen LogP contribution < -0.4 is 11.2 Å². The maximum Gasteiger partial charge on any atom is 0.328 e. The molecule has 2 aromatic rings. The van der Waals surface area contributed by atoms with Gasteiger partial charge in [0, 0.05) is 18.9 Å². The van der Waals surface area contributed by atoms with Crippen molar-refractivity contribution in [3.63, 3.8) is 0 Å². The molecule has 1 N–H and O–H groups in total. The number of hydrogen-bond acceptors (Lipinski definition) is 5. The summed E-state index contributed by atoms with van der Waals surface area (Å²) in [4.78, 5) is 41.1. The van der Waals surface area contributed by atoms with Gasteiger partial charge in [-0.25, -0.2) is 4.79 Å². The third-order valence-corrected chi connectivity index (χ3v) is 2.55. The van der Waals surface area contributed by atoms with Crippen molar-refractivity contribution >= 4 is 16.9 Å². The van der Waals surface area contributed by atoms with E-state index in [1.165, 1.54) is 19.5 Å². The monoisotopic (exact) mass is 249 g/mol. The van der Waals surface area contributed by atoms with Crippen molar-refractivity contribution in [1.82, 2.24) is 14.5 Å². The van der Waals surface area contributed by atoms with Crippen molar-refractivity contribution in [3.05, 3.63) is 39.3 Å². The molecule has 0 amide bonds. The zero-order valence-corrected chi connectivity index (χ0v) is 9.67. The van der Waals surface area contributed by atoms with E-state index in [0.29, 0.717) is 10.9 Å². The van der Waals surface area contributed by atoms with Crippen LogP contribution in [0.25, 0.3) is 10.9 Å². The van der Waals surface area contributed by atoms with E-state index in [1.807, 2.05) is 0 Å². The molecule has 0 atom stereocenters. The minimum absolute atomic E-state index is 0.0221. The van der Waals surface area contributed by atoms with Crippen LogP contribution in [0, 0.1) is 0 Å². The van der Waals surface area contributed by atoms with E-state index in [2.05, 4.69) is 14.7 Å². The van der Waals surface area contributed by atoms with E-state index in [0.717, 1.165) is 4.57 Å². The van der Waals surface area contributed by atoms with Crippen LogP contribution in [0.5, 0.6) is 0 Å². The smallest absolute Gasteiger partial charge is 0.328 e. The van der Waals surface area contributed by atoms with Crippen LogP contribution >= 0.6 is 0 Å². The standard InChI is InChI=1S/C11H11N3O4/c1-18-9(15)3-5-14-10(16)7-6-12-4-2-8(7)13-11(14)17/h2,4,6H,3,5H2,1H3,(H,13,17). The number of ether oxygens (including phenoxy) is 1. The van der Waals surface area contributed by atoms with Crippen molar-refractivity contribution in [2.75, 3.05) is 7.11 Å². The minimum Gasteiger partial charge on any atom is -0.469 e. The number of aromatic amines is 1. The van der Waals surface area contributed by atoms with Gasteiger partial charge in [0.15, 0.2) is 0 Å². The highest BCUT2D eigenvalue weighted by Crippen LogP contribution is 2.00. The van der Waals surface area contributed by atoms with E-state index in [1.54, 1.807) is 6.07 Å². The van der Waals surface area contributed by atoms with Gasteiger partial charge in [0.1, 0.15) is 0 Å². The topological polar surface area (TPSA) is 94.1 Å². The quantitative estimate of drug-likeness (QED) is 0.750. The maximum atomic E-state index is 12.0. The Morgan fingerprint density at radius 2 is 2.28 bits per heavy atom. The average molecular weight is 249 g/mol. The Labute approximate surface area is 101 Å². The highest BCUT2D eigenvalue weighted by atomic mass is 16.5. The predicted octanol–water partition coefficient (Wildman–Crippen LogP) is -0.352. The molecular formula is C11H11N3O4. The third-order valence-electron chi connectivity index (χ3n) is 2.55. The minimum atomic E-state index is -0.553. The van der Waals surface area contributed by atoms with E-state index in [4.69, 9.17) is 0 Å². The van der Waals surface area contributed by atoms with Crippen LogP contribution in [-0.4, -0.2) is 27.6 Å². The van der Waals surface area contributed by atoms with Crippen LogP contribution in [0.15, 0.2) is 28.0 Å². The van der Waals surface area contributed by atoms with Gasteiger partial charge in [-0.1, -0.05) is 0 Å². The molecule has 7 nitrogen and oxygen atoms in total. The summed E-state index contributed by atoms with van der Waals surface area (Å²) in [5.74, 6) is -0.479. The number of carbonyl (C=O) groups is 1. The molecule has 7 heteroatoms. The number of esters is 1. The van der Waals surface area contributed by atoms with E-state index < -0.39 is 17.2 Å². The Morgan fingerprint density at radius 3 is 3.00 bits per heavy atom. The van der Waals surface area contributed by atoms with Crippen molar-refractivity contribution in [2.45, 2.75) is 13.0 Å². The first kappa shape index (κ1) is 12.0. The third kappa shape index (κ3) is 2.15. The molecule has 0 unspecified atom stereocenters. The Kier molecular flexibility index (Phi) is 3.22. The Balaban J connectivity index is 2.48. The number of aromatic nitrogens is 3. The highest BCUT2D eigenvalue weighted by molar-refractivity contribution is 5.75. The van der Waals surface area contributed by atoms with Gasteiger partial charge in [-0.2, -0.15) is 0 Å². The SMILES string of the molecule is COC(=O)CCn1c(=O)[nH]c2ccncc2c1=O. The lowest BCUT2D eigenvalue weighted by molar-refractivity contribution is -0.140. The summed E-state index contributed by atoms with van der Waals surface area (Å²) >= 11 is 0. The van der Waals surface area contributed by atoms with E-state index in [-0.39, 0.29) is 13.0 Å². The van der Waals surface area contributed by atoms with Crippen molar-refractivity contribution in [1.29, 1.82) is 0 Å². The number of hydrogen-bond donors (Lipinski definition) is 1. The summed E-state index contributed by atoms with van der Waals surface area (Å²) in [7, 11) is 1.25. The molecule has 0 spiro atoms. The second-order valence-electron chi connectivity index (χ2n) is 3.63. The average Bonchev–Trinajstić information content (AvgIpc) is 2.38. The molecule has 0 saturated heterocycles. The largest absolute Gasteiger partial charge is 0.469 e. The van der Waals surface area contributed by atoms with Crippen LogP contribution in [0.4, 0.5) is 0 Å². The second-order valence-corrected chi connectivity index (χ2v) is 3.63. The Morgan fingerprint density at radius 1 is 1.50 bits per heavy atom. The van der Waals surface area contributed by atoms with Gasteiger partial charge in [-0.05, 0) is 6.07 Å². The number of methoxy groups -OCH3 is 1. The molecule has 0 fully saturated rings. The molecule has 0 aliphatic rings. The van der Waals surface area contributed by atoms with Crippen molar-refractivity contribution in [2.24, 2.45) is 0 Å². The van der Waals surface area contributed by atoms with Gasteiger partial charge >= 0.3 is 11.7 Å². The maximum absolute atomic E-state index is 12.0. The summed E-state index contributed by atoms with van der Waals surface area (Å²) in [5.41, 5.74) is -0.595. The summed E-state index contributed by atoms with van der Waals surface area (Å²) < 4.78 is 5.42. The van der Waals surface area contributed by atoms with Gasteiger partial charge in [0.2, 0.25) is 0 Å². The summed E-state index contributed by atoms with van der Waals surface area (Å²) in [5, 5.41) is 0.307. The van der Waals surface area contributed by atoms with Gasteiger partial charge in [0.05, 0.1) is 24.4 Å². The number of H-pyrrole nitrogens is 1. The second kappa shape index (κ2) is 4.82. The molecule has 18 heavy (non-hydrogen) atoms. The van der Waals surface area contributed by atoms with Crippen molar-refractivity contribution < 1.29 is 9.53 Å². The lowest BCUT2D eigenvalue weighted by Crippen LogP contribution is -2.35. The summed E-state index contributed by atoms with van der Waals surface area (Å²) in [6.07, 6.45) is 2.82. The van der Waals surface area contributed by atoms with Gasteiger partial charge in [-0.15, -0.1) is 0 Å². The fourth-order valence-corrected chi connectivity index (χ4v) is 1.60. The molecule has 0 aromatic carbocycles. The summed E-state index contributed by atoms with van der Waals surface area (Å²) in [6, 6.07) is 1.54. The fraction of sp³-hybridized carbons (Fsp3) is 0.273. The molecule has 0 saturated carbocycles. The number of pyridine rings is 1. The fourth-order valence-electron chi connectivity index (χ4n) is 1.60. The van der Waals surface area contributed by atoms with Gasteiger partial charge in [0.25, 0.3) is 5.56 Å². The van der Waals surface area contributed by atoms with Crippen LogP contribution in [0.1, 0.15) is 6.42 Å². The number of nitrogens with zero attached hydrogens (tertiary/aromatic N) is 2. The number of carbonyl (C=O) groups excluding carboxylic acids is 1. The highest BCUT2D eigenvalue weighted by Gasteiger charge is 2.09. The molecule has 0 aliphatic carbocycles. The van der Waals surface area contributed by atoms with Gasteiger partial charge < -0.3 is 9.72 Å². The van der Waals surface area contributed by atoms with Crippen molar-refractivity contribution in [3.8, 4) is 0 Å². The molecule has 0 bridgehead atoms. The van der Waals surface area contributed by atoms with E-state index >= 15 is 0 Å².